The van der Waals surface area contributed by atoms with Crippen molar-refractivity contribution in [1.29, 1.82) is 0 Å². The Kier molecular flexibility index (Phi) is 9.94. The molecule has 2 aromatic rings. The molecule has 8 nitrogen and oxygen atoms in total. The second-order valence-corrected chi connectivity index (χ2v) is 7.72. The minimum absolute atomic E-state index is 0.108. The van der Waals surface area contributed by atoms with E-state index in [-0.39, 0.29) is 13.2 Å². The number of rotatable bonds is 12. The molecule has 0 aliphatic heterocycles. The molecular weight excluding hydrogens is 519 g/mol. The number of halogens is 1. The summed E-state index contributed by atoms with van der Waals surface area (Å²) in [6, 6.07) is 6.84. The number of benzene rings is 2. The van der Waals surface area contributed by atoms with Crippen LogP contribution in [0.2, 0.25) is 0 Å². The van der Waals surface area contributed by atoms with E-state index in [9.17, 15) is 10.2 Å². The van der Waals surface area contributed by atoms with Gasteiger partial charge in [-0.25, -0.2) is 0 Å². The summed E-state index contributed by atoms with van der Waals surface area (Å²) < 4.78 is 27.6. The third kappa shape index (κ3) is 6.06. The summed E-state index contributed by atoms with van der Waals surface area (Å²) in [5, 5.41) is 30.4. The van der Waals surface area contributed by atoms with Gasteiger partial charge in [-0.05, 0) is 64.8 Å². The largest absolute Gasteiger partial charge is 0.493 e. The Hall–Kier alpha value is -1.95. The van der Waals surface area contributed by atoms with E-state index in [1.165, 1.54) is 28.4 Å². The van der Waals surface area contributed by atoms with E-state index in [0.29, 0.717) is 56.3 Å². The minimum Gasteiger partial charge on any atom is -0.493 e. The molecule has 0 saturated carbocycles. The lowest BCUT2D eigenvalue weighted by Gasteiger charge is -2.20. The van der Waals surface area contributed by atoms with Crippen LogP contribution in [0.1, 0.15) is 36.2 Å². The minimum atomic E-state index is -0.838. The first kappa shape index (κ1) is 25.3. The lowest BCUT2D eigenvalue weighted by atomic mass is 9.98. The van der Waals surface area contributed by atoms with Crippen LogP contribution in [0, 0.1) is 3.57 Å². The van der Waals surface area contributed by atoms with Gasteiger partial charge in [-0.15, -0.1) is 0 Å². The molecule has 0 heterocycles. The molecule has 0 bridgehead atoms. The summed E-state index contributed by atoms with van der Waals surface area (Å²) in [5.41, 5.74) is 1.27. The van der Waals surface area contributed by atoms with Crippen molar-refractivity contribution in [3.05, 3.63) is 39.0 Å². The van der Waals surface area contributed by atoms with E-state index in [4.69, 9.17) is 28.8 Å². The molecule has 0 aliphatic rings. The zero-order valence-corrected chi connectivity index (χ0v) is 20.2. The van der Waals surface area contributed by atoms with Crippen LogP contribution in [-0.2, 0) is 0 Å². The molecule has 2 rings (SSSR count). The van der Waals surface area contributed by atoms with E-state index in [2.05, 4.69) is 22.6 Å². The number of hydrogen-bond acceptors (Lipinski definition) is 8. The second-order valence-electron chi connectivity index (χ2n) is 6.64. The van der Waals surface area contributed by atoms with Gasteiger partial charge in [0.2, 0.25) is 5.75 Å². The predicted molar refractivity (Wildman–Crippen MR) is 124 cm³/mol. The summed E-state index contributed by atoms with van der Waals surface area (Å²) in [5.74, 6) is 2.35. The molecule has 0 fully saturated rings. The van der Waals surface area contributed by atoms with Crippen LogP contribution in [-0.4, -0.2) is 57.0 Å². The fourth-order valence-corrected chi connectivity index (χ4v) is 4.23. The standard InChI is InChI=1S/C22H29IO8/c1-27-18-11-13(12-19(28-2)21(18)29-3)15(25)6-7-16(26)14-5-8-17(31-10-9-24)22(30-4)20(14)23/h5,8,11-12,15-16,24-26H,6-7,9-10H2,1-4H3. The normalized spacial score (nSPS) is 12.8. The highest BCUT2D eigenvalue weighted by Crippen LogP contribution is 2.41. The summed E-state index contributed by atoms with van der Waals surface area (Å²) in [6.45, 7) is 0.0399. The Morgan fingerprint density at radius 1 is 0.806 bits per heavy atom. The van der Waals surface area contributed by atoms with Crippen LogP contribution >= 0.6 is 22.6 Å². The zero-order chi connectivity index (χ0) is 23.0. The molecule has 2 aromatic carbocycles. The van der Waals surface area contributed by atoms with Crippen molar-refractivity contribution >= 4 is 22.6 Å². The highest BCUT2D eigenvalue weighted by Gasteiger charge is 2.21. The van der Waals surface area contributed by atoms with Crippen molar-refractivity contribution in [3.63, 3.8) is 0 Å². The van der Waals surface area contributed by atoms with E-state index in [1.54, 1.807) is 24.3 Å². The molecule has 0 aliphatic carbocycles. The number of aliphatic hydroxyl groups excluding tert-OH is 3. The zero-order valence-electron chi connectivity index (χ0n) is 18.1. The van der Waals surface area contributed by atoms with Crippen molar-refractivity contribution in [1.82, 2.24) is 0 Å². The van der Waals surface area contributed by atoms with Crippen LogP contribution in [0.15, 0.2) is 24.3 Å². The third-order valence-corrected chi connectivity index (χ3v) is 5.90. The molecule has 31 heavy (non-hydrogen) atoms. The van der Waals surface area contributed by atoms with Crippen molar-refractivity contribution in [3.8, 4) is 28.7 Å². The fraction of sp³-hybridized carbons (Fsp3) is 0.455. The number of hydrogen-bond donors (Lipinski definition) is 3. The average molecular weight is 548 g/mol. The maximum absolute atomic E-state index is 10.7. The van der Waals surface area contributed by atoms with Gasteiger partial charge < -0.3 is 39.0 Å². The van der Waals surface area contributed by atoms with Gasteiger partial charge in [-0.3, -0.25) is 0 Å². The SMILES string of the molecule is COc1cc(C(O)CCC(O)c2ccc(OCCO)c(OC)c2I)cc(OC)c1OC. The lowest BCUT2D eigenvalue weighted by Crippen LogP contribution is -2.08. The van der Waals surface area contributed by atoms with Gasteiger partial charge in [0.15, 0.2) is 23.0 Å². The van der Waals surface area contributed by atoms with Crippen molar-refractivity contribution in [2.45, 2.75) is 25.0 Å². The Morgan fingerprint density at radius 3 is 1.90 bits per heavy atom. The molecule has 9 heteroatoms. The van der Waals surface area contributed by atoms with E-state index < -0.39 is 12.2 Å². The average Bonchev–Trinajstić information content (AvgIpc) is 2.79. The first-order valence-corrected chi connectivity index (χ1v) is 10.8. The molecule has 2 atom stereocenters. The number of ether oxygens (including phenoxy) is 5. The van der Waals surface area contributed by atoms with Gasteiger partial charge in [0.1, 0.15) is 6.61 Å². The van der Waals surface area contributed by atoms with Crippen molar-refractivity contribution in [2.24, 2.45) is 0 Å². The second kappa shape index (κ2) is 12.2. The molecule has 172 valence electrons. The van der Waals surface area contributed by atoms with E-state index in [0.717, 1.165) is 0 Å². The Balaban J connectivity index is 2.16. The van der Waals surface area contributed by atoms with Gasteiger partial charge in [-0.1, -0.05) is 6.07 Å². The van der Waals surface area contributed by atoms with Gasteiger partial charge >= 0.3 is 0 Å². The molecular formula is C22H29IO8. The maximum atomic E-state index is 10.7. The van der Waals surface area contributed by atoms with Crippen LogP contribution < -0.4 is 23.7 Å². The molecule has 2 unspecified atom stereocenters. The maximum Gasteiger partial charge on any atom is 0.203 e. The third-order valence-electron chi connectivity index (χ3n) is 4.79. The summed E-state index contributed by atoms with van der Waals surface area (Å²) in [4.78, 5) is 0. The van der Waals surface area contributed by atoms with Crippen LogP contribution in [0.25, 0.3) is 0 Å². The number of methoxy groups -OCH3 is 4. The fourth-order valence-electron chi connectivity index (χ4n) is 3.20. The van der Waals surface area contributed by atoms with Gasteiger partial charge in [0.05, 0.1) is 50.8 Å². The first-order valence-electron chi connectivity index (χ1n) is 9.67. The topological polar surface area (TPSA) is 107 Å². The quantitative estimate of drug-likeness (QED) is 0.348. The highest BCUT2D eigenvalue weighted by atomic mass is 127. The Labute approximate surface area is 195 Å². The summed E-state index contributed by atoms with van der Waals surface area (Å²) >= 11 is 2.09. The lowest BCUT2D eigenvalue weighted by molar-refractivity contribution is 0.114. The van der Waals surface area contributed by atoms with Crippen LogP contribution in [0.3, 0.4) is 0 Å². The van der Waals surface area contributed by atoms with Crippen molar-refractivity contribution < 1.29 is 39.0 Å². The van der Waals surface area contributed by atoms with E-state index in [1.807, 2.05) is 0 Å². The molecule has 0 amide bonds. The molecule has 0 radical (unpaired) electrons. The monoisotopic (exact) mass is 548 g/mol. The molecule has 0 saturated heterocycles. The summed E-state index contributed by atoms with van der Waals surface area (Å²) in [6.07, 6.45) is -1.03. The smallest absolute Gasteiger partial charge is 0.203 e. The first-order chi connectivity index (χ1) is 14.9. The summed E-state index contributed by atoms with van der Waals surface area (Å²) in [7, 11) is 6.07. The van der Waals surface area contributed by atoms with Gasteiger partial charge in [0.25, 0.3) is 0 Å². The molecule has 3 N–H and O–H groups in total. The van der Waals surface area contributed by atoms with Gasteiger partial charge in [0, 0.05) is 0 Å². The Morgan fingerprint density at radius 2 is 1.39 bits per heavy atom. The highest BCUT2D eigenvalue weighted by molar-refractivity contribution is 14.1. The van der Waals surface area contributed by atoms with Crippen molar-refractivity contribution in [2.75, 3.05) is 41.7 Å². The van der Waals surface area contributed by atoms with E-state index >= 15 is 0 Å². The Bertz CT molecular complexity index is 833. The molecule has 0 spiro atoms. The molecule has 0 aromatic heterocycles. The van der Waals surface area contributed by atoms with Gasteiger partial charge in [-0.2, -0.15) is 0 Å². The van der Waals surface area contributed by atoms with Crippen LogP contribution in [0.5, 0.6) is 28.7 Å². The number of aliphatic hydroxyl groups is 3. The van der Waals surface area contributed by atoms with Crippen LogP contribution in [0.4, 0.5) is 0 Å². The predicted octanol–water partition coefficient (Wildman–Crippen LogP) is 3.24.